The molecule has 3 aromatic heterocycles. The first-order valence-corrected chi connectivity index (χ1v) is 14.4. The predicted octanol–water partition coefficient (Wildman–Crippen LogP) is 4.88. The molecule has 5 aromatic rings. The summed E-state index contributed by atoms with van der Waals surface area (Å²) in [6.45, 7) is 5.08. The van der Waals surface area contributed by atoms with Gasteiger partial charge in [0.05, 0.1) is 52.5 Å². The van der Waals surface area contributed by atoms with E-state index >= 15 is 0 Å². The summed E-state index contributed by atoms with van der Waals surface area (Å²) in [6.07, 6.45) is 0.653. The van der Waals surface area contributed by atoms with Crippen LogP contribution in [0.5, 0.6) is 11.6 Å². The molecule has 14 heteroatoms. The van der Waals surface area contributed by atoms with Crippen LogP contribution in [0.4, 0.5) is 14.9 Å². The van der Waals surface area contributed by atoms with Crippen molar-refractivity contribution in [2.45, 2.75) is 33.0 Å². The number of thiazole rings is 1. The molecular formula is C30H29FN6O6S. The number of carbonyl (C=O) groups is 2. The number of hydrogen-bond acceptors (Lipinski definition) is 11. The van der Waals surface area contributed by atoms with Crippen LogP contribution < -0.4 is 20.1 Å². The number of hydrogen-bond donors (Lipinski definition) is 3. The second-order valence-corrected chi connectivity index (χ2v) is 11.0. The zero-order valence-corrected chi connectivity index (χ0v) is 25.1. The Morgan fingerprint density at radius 3 is 2.61 bits per heavy atom. The fourth-order valence-electron chi connectivity index (χ4n) is 4.17. The van der Waals surface area contributed by atoms with Crippen molar-refractivity contribution < 1.29 is 33.3 Å². The van der Waals surface area contributed by atoms with Crippen molar-refractivity contribution in [2.24, 2.45) is 0 Å². The lowest BCUT2D eigenvalue weighted by Gasteiger charge is -2.15. The molecule has 0 aliphatic rings. The van der Waals surface area contributed by atoms with E-state index in [9.17, 15) is 19.1 Å². The molecule has 0 aliphatic heterocycles. The number of aryl methyl sites for hydroxylation is 1. The largest absolute Gasteiger partial charge is 0.487 e. The number of fused-ring (bicyclic) bond motifs is 2. The number of benzene rings is 2. The van der Waals surface area contributed by atoms with E-state index in [1.165, 1.54) is 42.8 Å². The lowest BCUT2D eigenvalue weighted by molar-refractivity contribution is 0.0844. The van der Waals surface area contributed by atoms with Crippen LogP contribution in [0, 0.1) is 12.7 Å². The highest BCUT2D eigenvalue weighted by Gasteiger charge is 2.18. The van der Waals surface area contributed by atoms with E-state index in [-0.39, 0.29) is 24.6 Å². The van der Waals surface area contributed by atoms with Gasteiger partial charge < -0.3 is 24.6 Å². The highest BCUT2D eigenvalue weighted by molar-refractivity contribution is 7.21. The lowest BCUT2D eigenvalue weighted by atomic mass is 10.1. The zero-order chi connectivity index (χ0) is 31.4. The fraction of sp³-hybridized carbons (Fsp3) is 0.267. The van der Waals surface area contributed by atoms with Crippen LogP contribution in [0.15, 0.2) is 48.8 Å². The number of aliphatic hydroxyl groups is 1. The number of amides is 2. The average molecular weight is 621 g/mol. The molecule has 0 saturated heterocycles. The van der Waals surface area contributed by atoms with Crippen LogP contribution >= 0.6 is 11.3 Å². The minimum atomic E-state index is -0.775. The van der Waals surface area contributed by atoms with Crippen molar-refractivity contribution in [1.29, 1.82) is 0 Å². The molecule has 0 fully saturated rings. The summed E-state index contributed by atoms with van der Waals surface area (Å²) >= 11 is 1.37. The molecule has 44 heavy (non-hydrogen) atoms. The summed E-state index contributed by atoms with van der Waals surface area (Å²) in [5, 5.41) is 15.0. The molecule has 12 nitrogen and oxygen atoms in total. The van der Waals surface area contributed by atoms with Crippen molar-refractivity contribution in [3.8, 4) is 22.2 Å². The summed E-state index contributed by atoms with van der Waals surface area (Å²) in [7, 11) is 1.53. The maximum Gasteiger partial charge on any atom is 0.412 e. The first-order chi connectivity index (χ1) is 21.1. The van der Waals surface area contributed by atoms with Crippen LogP contribution in [-0.2, 0) is 4.74 Å². The molecule has 3 heterocycles. The second kappa shape index (κ2) is 13.1. The number of halogens is 1. The molecule has 3 N–H and O–H groups in total. The fourth-order valence-corrected chi connectivity index (χ4v) is 5.16. The molecule has 228 valence electrons. The van der Waals surface area contributed by atoms with Crippen LogP contribution in [-0.4, -0.2) is 69.5 Å². The quantitative estimate of drug-likeness (QED) is 0.196. The predicted molar refractivity (Wildman–Crippen MR) is 163 cm³/mol. The molecule has 2 amide bonds. The molecule has 5 rings (SSSR count). The summed E-state index contributed by atoms with van der Waals surface area (Å²) in [4.78, 5) is 42.0. The number of pyridine rings is 1. The molecule has 0 radical (unpaired) electrons. The Labute approximate surface area is 255 Å². The van der Waals surface area contributed by atoms with Gasteiger partial charge in [-0.15, -0.1) is 11.3 Å². The Kier molecular flexibility index (Phi) is 9.11. The number of ether oxygens (including phenoxy) is 3. The number of nitrogens with one attached hydrogen (secondary N) is 2. The number of carbonyl (C=O) groups excluding carboxylic acids is 2. The topological polar surface area (TPSA) is 158 Å². The van der Waals surface area contributed by atoms with Gasteiger partial charge in [-0.2, -0.15) is 0 Å². The summed E-state index contributed by atoms with van der Waals surface area (Å²) in [6, 6.07) is 9.65. The molecule has 0 bridgehead atoms. The first-order valence-electron chi connectivity index (χ1n) is 13.5. The number of aromatic nitrogens is 4. The Morgan fingerprint density at radius 2 is 1.89 bits per heavy atom. The van der Waals surface area contributed by atoms with E-state index in [0.717, 1.165) is 11.1 Å². The molecule has 2 aromatic carbocycles. The van der Waals surface area contributed by atoms with E-state index < -0.39 is 30.0 Å². The Bertz CT molecular complexity index is 1830. The Balaban J connectivity index is 1.21. The SMILES string of the molecule is COc1cnc2c(-c3nc4cc(F)c(OC[C@@H](C)OC(=O)Nc5ccc(C(=O)NC[C@@H](C)O)nc5)cc4s3)cc(C)cc2n1. The van der Waals surface area contributed by atoms with Crippen LogP contribution in [0.2, 0.25) is 0 Å². The number of aliphatic hydroxyl groups excluding tert-OH is 1. The smallest absolute Gasteiger partial charge is 0.412 e. The van der Waals surface area contributed by atoms with Crippen molar-refractivity contribution in [2.75, 3.05) is 25.6 Å². The standard InChI is InChI=1S/C30H29FN6O6S/c1-15-7-19(27-23(8-15)36-26(41-4)13-33-27)29-37-22-9-20(31)24(10-25(22)44-29)42-14-17(3)43-30(40)35-18-5-6-21(32-12-18)28(39)34-11-16(2)38/h5-10,12-13,16-17,38H,11,14H2,1-4H3,(H,34,39)(H,35,40)/t16-,17-/m1/s1. The van der Waals surface area contributed by atoms with Gasteiger partial charge in [0.15, 0.2) is 11.6 Å². The van der Waals surface area contributed by atoms with Crippen LogP contribution in [0.3, 0.4) is 0 Å². The van der Waals surface area contributed by atoms with Gasteiger partial charge in [-0.05, 0) is 50.6 Å². The van der Waals surface area contributed by atoms with Gasteiger partial charge in [-0.1, -0.05) is 0 Å². The number of rotatable bonds is 10. The highest BCUT2D eigenvalue weighted by Crippen LogP contribution is 2.37. The summed E-state index contributed by atoms with van der Waals surface area (Å²) < 4.78 is 31.8. The molecule has 2 atom stereocenters. The van der Waals surface area contributed by atoms with Gasteiger partial charge in [-0.3, -0.25) is 10.1 Å². The van der Waals surface area contributed by atoms with Crippen LogP contribution in [0.1, 0.15) is 29.9 Å². The van der Waals surface area contributed by atoms with Gasteiger partial charge >= 0.3 is 6.09 Å². The molecule has 0 unspecified atom stereocenters. The van der Waals surface area contributed by atoms with Crippen molar-refractivity contribution in [1.82, 2.24) is 25.3 Å². The monoisotopic (exact) mass is 620 g/mol. The van der Waals surface area contributed by atoms with E-state index in [4.69, 9.17) is 14.2 Å². The molecule has 0 spiro atoms. The Morgan fingerprint density at radius 1 is 1.07 bits per heavy atom. The normalized spacial score (nSPS) is 12.5. The van der Waals surface area contributed by atoms with Gasteiger partial charge in [-0.25, -0.2) is 29.1 Å². The second-order valence-electron chi connectivity index (χ2n) is 10.0. The average Bonchev–Trinajstić information content (AvgIpc) is 3.40. The number of methoxy groups -OCH3 is 1. The Hall–Kier alpha value is -4.95. The minimum absolute atomic E-state index is 0.00385. The van der Waals surface area contributed by atoms with E-state index in [0.29, 0.717) is 37.8 Å². The number of anilines is 1. The van der Waals surface area contributed by atoms with Gasteiger partial charge in [0.25, 0.3) is 5.91 Å². The molecule has 0 aliphatic carbocycles. The zero-order valence-electron chi connectivity index (χ0n) is 24.3. The van der Waals surface area contributed by atoms with Gasteiger partial charge in [0.1, 0.15) is 23.4 Å². The summed E-state index contributed by atoms with van der Waals surface area (Å²) in [5.41, 5.74) is 3.95. The third-order valence-electron chi connectivity index (χ3n) is 6.23. The van der Waals surface area contributed by atoms with Crippen molar-refractivity contribution in [3.05, 3.63) is 65.9 Å². The van der Waals surface area contributed by atoms with E-state index in [1.807, 2.05) is 19.1 Å². The van der Waals surface area contributed by atoms with E-state index in [2.05, 4.69) is 30.6 Å². The van der Waals surface area contributed by atoms with Crippen LogP contribution in [0.25, 0.3) is 31.8 Å². The maximum atomic E-state index is 14.9. The maximum absolute atomic E-state index is 14.9. The molecule has 0 saturated carbocycles. The highest BCUT2D eigenvalue weighted by atomic mass is 32.1. The first kappa shape index (κ1) is 30.5. The lowest BCUT2D eigenvalue weighted by Crippen LogP contribution is -2.31. The third-order valence-corrected chi connectivity index (χ3v) is 7.28. The summed E-state index contributed by atoms with van der Waals surface area (Å²) in [5.74, 6) is -0.658. The number of nitrogens with zero attached hydrogens (tertiary/aromatic N) is 4. The minimum Gasteiger partial charge on any atom is -0.487 e. The van der Waals surface area contributed by atoms with Gasteiger partial charge in [0, 0.05) is 24.2 Å². The molecular weight excluding hydrogens is 591 g/mol. The third kappa shape index (κ3) is 7.15. The van der Waals surface area contributed by atoms with E-state index in [1.54, 1.807) is 26.1 Å². The van der Waals surface area contributed by atoms with Crippen molar-refractivity contribution in [3.63, 3.8) is 0 Å². The van der Waals surface area contributed by atoms with Gasteiger partial charge in [0.2, 0.25) is 5.88 Å². The van der Waals surface area contributed by atoms with Crippen molar-refractivity contribution >= 4 is 50.3 Å².